The maximum atomic E-state index is 14.0. The summed E-state index contributed by atoms with van der Waals surface area (Å²) in [5, 5.41) is 14.3. The normalized spacial score (nSPS) is 14.3. The van der Waals surface area contributed by atoms with Gasteiger partial charge in [-0.2, -0.15) is 11.8 Å². The zero-order valence-electron chi connectivity index (χ0n) is 24.8. The fourth-order valence-electron chi connectivity index (χ4n) is 5.48. The molecule has 3 aromatic carbocycles. The molecule has 43 heavy (non-hydrogen) atoms. The monoisotopic (exact) mass is 600 g/mol. The summed E-state index contributed by atoms with van der Waals surface area (Å²) in [4.78, 5) is 39.2. The predicted octanol–water partition coefficient (Wildman–Crippen LogP) is 2.06. The van der Waals surface area contributed by atoms with Crippen LogP contribution in [0.2, 0.25) is 0 Å². The molecule has 1 unspecified atom stereocenters. The summed E-state index contributed by atoms with van der Waals surface area (Å²) in [6, 6.07) is 15.5. The Balaban J connectivity index is 0.00000506. The van der Waals surface area contributed by atoms with Crippen LogP contribution < -0.4 is 29.3 Å². The molecule has 1 aliphatic rings. The van der Waals surface area contributed by atoms with Gasteiger partial charge in [0.25, 0.3) is 5.91 Å². The fourth-order valence-corrected chi connectivity index (χ4v) is 5.95. The molecular weight excluding hydrogens is 565 g/mol. The van der Waals surface area contributed by atoms with Gasteiger partial charge in [-0.15, -0.1) is 0 Å². The molecule has 1 saturated carbocycles. The molecule has 0 heterocycles. The Morgan fingerprint density at radius 1 is 0.977 bits per heavy atom. The fraction of sp³-hybridized carbons (Fsp3) is 0.364. The number of ketones is 1. The van der Waals surface area contributed by atoms with Crippen molar-refractivity contribution in [2.75, 3.05) is 12.0 Å². The Kier molecular flexibility index (Phi) is 13.0. The summed E-state index contributed by atoms with van der Waals surface area (Å²) in [5.41, 5.74) is 4.14. The van der Waals surface area contributed by atoms with Crippen LogP contribution in [0.15, 0.2) is 60.7 Å². The molecule has 0 aliphatic heterocycles. The van der Waals surface area contributed by atoms with E-state index in [0.29, 0.717) is 54.7 Å². The standard InChI is InChI=1S/C33H36F2N2O4S.Li/c1-21-5-3-4-6-28(21)30-17-22(7-12-29(30)32(39)36-31(33(40)41)13-14-42-2)19-37(26-8-10-27(38)11-9-26)20-23-15-24(34)18-25(35)16-23;/h3-7,12,15-18,26,31H,8-11,13-14,19-20H2,1-2H3,(H,36,39)(H,40,41);/q;+1/p-1. The number of aliphatic carboxylic acids is 1. The average molecular weight is 601 g/mol. The molecule has 1 atom stereocenters. The summed E-state index contributed by atoms with van der Waals surface area (Å²) in [6.07, 6.45) is 4.34. The summed E-state index contributed by atoms with van der Waals surface area (Å²) in [7, 11) is 0. The van der Waals surface area contributed by atoms with Gasteiger partial charge in [-0.1, -0.05) is 30.3 Å². The summed E-state index contributed by atoms with van der Waals surface area (Å²) in [6.45, 7) is 2.65. The molecule has 0 saturated heterocycles. The van der Waals surface area contributed by atoms with Crippen molar-refractivity contribution < 1.29 is 47.1 Å². The molecule has 222 valence electrons. The third-order valence-corrected chi connectivity index (χ3v) is 8.33. The van der Waals surface area contributed by atoms with Crippen molar-refractivity contribution >= 4 is 29.4 Å². The molecule has 1 N–H and O–H groups in total. The van der Waals surface area contributed by atoms with E-state index in [1.807, 2.05) is 49.6 Å². The maximum absolute atomic E-state index is 14.0. The van der Waals surface area contributed by atoms with E-state index in [-0.39, 0.29) is 43.7 Å². The average Bonchev–Trinajstić information content (AvgIpc) is 2.95. The van der Waals surface area contributed by atoms with E-state index in [9.17, 15) is 28.3 Å². The number of carboxylic acid groups (broad SMARTS) is 1. The Bertz CT molecular complexity index is 1420. The number of aryl methyl sites for hydroxylation is 1. The number of hydrogen-bond donors (Lipinski definition) is 1. The van der Waals surface area contributed by atoms with Crippen LogP contribution in [0.3, 0.4) is 0 Å². The Morgan fingerprint density at radius 2 is 1.63 bits per heavy atom. The number of carbonyl (C=O) groups excluding carboxylic acids is 3. The van der Waals surface area contributed by atoms with Crippen LogP contribution >= 0.6 is 11.8 Å². The molecule has 0 aromatic heterocycles. The molecule has 6 nitrogen and oxygen atoms in total. The van der Waals surface area contributed by atoms with Gasteiger partial charge >= 0.3 is 18.9 Å². The number of nitrogens with zero attached hydrogens (tertiary/aromatic N) is 1. The number of Topliss-reactive ketones (excluding diaryl/α,β-unsaturated/α-hetero) is 1. The number of carboxylic acids is 1. The van der Waals surface area contributed by atoms with Crippen molar-refractivity contribution in [3.63, 3.8) is 0 Å². The molecular formula is C33H35F2LiN2O4S. The third kappa shape index (κ3) is 9.51. The van der Waals surface area contributed by atoms with E-state index in [2.05, 4.69) is 10.2 Å². The van der Waals surface area contributed by atoms with E-state index in [0.717, 1.165) is 22.8 Å². The van der Waals surface area contributed by atoms with Gasteiger partial charge in [-0.05, 0) is 90.3 Å². The van der Waals surface area contributed by atoms with Crippen molar-refractivity contribution in [1.29, 1.82) is 0 Å². The van der Waals surface area contributed by atoms with Crippen LogP contribution in [-0.2, 0) is 22.7 Å². The van der Waals surface area contributed by atoms with Crippen LogP contribution in [0.5, 0.6) is 0 Å². The molecule has 10 heteroatoms. The van der Waals surface area contributed by atoms with Gasteiger partial charge < -0.3 is 15.2 Å². The van der Waals surface area contributed by atoms with Gasteiger partial charge in [0.2, 0.25) is 0 Å². The summed E-state index contributed by atoms with van der Waals surface area (Å²) in [5.74, 6) is -2.36. The summed E-state index contributed by atoms with van der Waals surface area (Å²) < 4.78 is 28.0. The van der Waals surface area contributed by atoms with Crippen molar-refractivity contribution in [2.45, 2.75) is 64.2 Å². The van der Waals surface area contributed by atoms with Crippen LogP contribution in [0.25, 0.3) is 11.1 Å². The van der Waals surface area contributed by atoms with Crippen molar-refractivity contribution in [1.82, 2.24) is 10.2 Å². The topological polar surface area (TPSA) is 89.5 Å². The molecule has 0 spiro atoms. The van der Waals surface area contributed by atoms with Gasteiger partial charge in [0.05, 0.1) is 12.0 Å². The smallest absolute Gasteiger partial charge is 0.548 e. The predicted molar refractivity (Wildman–Crippen MR) is 159 cm³/mol. The van der Waals surface area contributed by atoms with Crippen LogP contribution in [0.1, 0.15) is 59.2 Å². The first-order valence-corrected chi connectivity index (χ1v) is 15.4. The number of nitrogens with one attached hydrogen (secondary N) is 1. The molecule has 0 bridgehead atoms. The number of hydrogen-bond acceptors (Lipinski definition) is 6. The quantitative estimate of drug-likeness (QED) is 0.321. The van der Waals surface area contributed by atoms with Crippen LogP contribution in [0.4, 0.5) is 8.78 Å². The van der Waals surface area contributed by atoms with Crippen molar-refractivity contribution in [3.05, 3.63) is 94.6 Å². The second-order valence-electron chi connectivity index (χ2n) is 10.8. The minimum absolute atomic E-state index is 0. The van der Waals surface area contributed by atoms with Gasteiger partial charge in [-0.25, -0.2) is 8.78 Å². The van der Waals surface area contributed by atoms with E-state index in [1.54, 1.807) is 6.07 Å². The van der Waals surface area contributed by atoms with E-state index in [1.165, 1.54) is 23.9 Å². The van der Waals surface area contributed by atoms with Crippen molar-refractivity contribution in [2.24, 2.45) is 0 Å². The van der Waals surface area contributed by atoms with E-state index < -0.39 is 29.6 Å². The van der Waals surface area contributed by atoms with Gasteiger partial charge in [0, 0.05) is 43.6 Å². The largest absolute Gasteiger partial charge is 1.00 e. The minimum Gasteiger partial charge on any atom is -0.548 e. The molecule has 1 amide bonds. The van der Waals surface area contributed by atoms with Gasteiger partial charge in [0.15, 0.2) is 0 Å². The Labute approximate surface area is 267 Å². The first-order valence-electron chi connectivity index (χ1n) is 14.0. The maximum Gasteiger partial charge on any atom is 1.00 e. The zero-order chi connectivity index (χ0) is 30.2. The molecule has 0 radical (unpaired) electrons. The minimum atomic E-state index is -1.33. The number of amides is 1. The molecule has 1 fully saturated rings. The first-order chi connectivity index (χ1) is 20.1. The van der Waals surface area contributed by atoms with E-state index >= 15 is 0 Å². The van der Waals surface area contributed by atoms with Gasteiger partial charge in [-0.3, -0.25) is 14.5 Å². The Hall–Kier alpha value is -2.96. The van der Waals surface area contributed by atoms with Crippen LogP contribution in [0, 0.1) is 18.6 Å². The third-order valence-electron chi connectivity index (χ3n) is 7.69. The van der Waals surface area contributed by atoms with Crippen LogP contribution in [-0.4, -0.2) is 46.7 Å². The van der Waals surface area contributed by atoms with Gasteiger partial charge in [0.1, 0.15) is 17.4 Å². The number of benzene rings is 3. The second-order valence-corrected chi connectivity index (χ2v) is 11.8. The molecule has 4 rings (SSSR count). The number of carbonyl (C=O) groups is 3. The second kappa shape index (κ2) is 16.2. The molecule has 1 aliphatic carbocycles. The zero-order valence-corrected chi connectivity index (χ0v) is 25.6. The number of rotatable bonds is 12. The first kappa shape index (κ1) is 34.5. The number of thioether (sulfide) groups is 1. The summed E-state index contributed by atoms with van der Waals surface area (Å²) >= 11 is 1.49. The SMILES string of the molecule is CSCCC(NC(=O)c1ccc(CN(Cc2cc(F)cc(F)c2)C2CCC(=O)CC2)cc1-c1ccccc1C)C(=O)[O-].[Li+]. The molecule has 3 aromatic rings. The van der Waals surface area contributed by atoms with Crippen molar-refractivity contribution in [3.8, 4) is 11.1 Å². The van der Waals surface area contributed by atoms with E-state index in [4.69, 9.17) is 0 Å². The number of halogens is 2. The Morgan fingerprint density at radius 3 is 2.26 bits per heavy atom.